The maximum absolute atomic E-state index is 11.9. The summed E-state index contributed by atoms with van der Waals surface area (Å²) in [5, 5.41) is 11.7. The van der Waals surface area contributed by atoms with Crippen LogP contribution in [0.2, 0.25) is 0 Å². The van der Waals surface area contributed by atoms with Gasteiger partial charge < -0.3 is 10.1 Å². The number of esters is 1. The van der Waals surface area contributed by atoms with Crippen LogP contribution in [-0.4, -0.2) is 18.5 Å². The van der Waals surface area contributed by atoms with Gasteiger partial charge in [-0.3, -0.25) is 4.79 Å². The molecule has 0 aliphatic heterocycles. The number of rotatable bonds is 5. The van der Waals surface area contributed by atoms with Crippen molar-refractivity contribution in [3.63, 3.8) is 0 Å². The standard InChI is InChI=1S/C19H15BrN2O3/c1-13-7-8-17(16(20)9-13)22-18(23)12-25-19(24)15(11-21)10-14-5-3-2-4-6-14/h2-10H,12H2,1H3,(H,22,23). The third-order valence-electron chi connectivity index (χ3n) is 3.18. The fourth-order valence-corrected chi connectivity index (χ4v) is 2.56. The van der Waals surface area contributed by atoms with Crippen LogP contribution >= 0.6 is 15.9 Å². The Morgan fingerprint density at radius 1 is 1.24 bits per heavy atom. The largest absolute Gasteiger partial charge is 0.451 e. The predicted molar refractivity (Wildman–Crippen MR) is 98.5 cm³/mol. The van der Waals surface area contributed by atoms with E-state index in [9.17, 15) is 9.59 Å². The first-order valence-corrected chi connectivity index (χ1v) is 8.19. The monoisotopic (exact) mass is 398 g/mol. The zero-order chi connectivity index (χ0) is 18.2. The summed E-state index contributed by atoms with van der Waals surface area (Å²) < 4.78 is 5.64. The van der Waals surface area contributed by atoms with Gasteiger partial charge >= 0.3 is 5.97 Å². The Hall–Kier alpha value is -2.91. The van der Waals surface area contributed by atoms with E-state index in [0.717, 1.165) is 10.0 Å². The highest BCUT2D eigenvalue weighted by molar-refractivity contribution is 9.10. The molecule has 0 spiro atoms. The van der Waals surface area contributed by atoms with Crippen LogP contribution in [0, 0.1) is 18.3 Å². The Morgan fingerprint density at radius 3 is 2.60 bits per heavy atom. The van der Waals surface area contributed by atoms with Gasteiger partial charge in [0.2, 0.25) is 0 Å². The molecule has 0 atom stereocenters. The highest BCUT2D eigenvalue weighted by Crippen LogP contribution is 2.23. The van der Waals surface area contributed by atoms with Gasteiger partial charge in [-0.05, 0) is 52.2 Å². The summed E-state index contributed by atoms with van der Waals surface area (Å²) in [6.07, 6.45) is 1.41. The third-order valence-corrected chi connectivity index (χ3v) is 3.84. The van der Waals surface area contributed by atoms with E-state index in [4.69, 9.17) is 10.00 Å². The minimum absolute atomic E-state index is 0.171. The van der Waals surface area contributed by atoms with Crippen LogP contribution in [-0.2, 0) is 14.3 Å². The number of carbonyl (C=O) groups excluding carboxylic acids is 2. The van der Waals surface area contributed by atoms with Gasteiger partial charge in [0.05, 0.1) is 5.69 Å². The molecule has 0 radical (unpaired) electrons. The molecule has 2 aromatic carbocycles. The van der Waals surface area contributed by atoms with Crippen LogP contribution < -0.4 is 5.32 Å². The molecule has 0 saturated carbocycles. The number of nitrogens with zero attached hydrogens (tertiary/aromatic N) is 1. The van der Waals surface area contributed by atoms with Crippen LogP contribution in [0.3, 0.4) is 0 Å². The summed E-state index contributed by atoms with van der Waals surface area (Å²) in [6.45, 7) is 1.45. The van der Waals surface area contributed by atoms with E-state index in [1.165, 1.54) is 6.08 Å². The van der Waals surface area contributed by atoms with Gasteiger partial charge in [-0.25, -0.2) is 4.79 Å². The van der Waals surface area contributed by atoms with Crippen molar-refractivity contribution in [2.24, 2.45) is 0 Å². The maximum Gasteiger partial charge on any atom is 0.349 e. The highest BCUT2D eigenvalue weighted by atomic mass is 79.9. The van der Waals surface area contributed by atoms with E-state index in [1.54, 1.807) is 36.4 Å². The van der Waals surface area contributed by atoms with Gasteiger partial charge in [0.25, 0.3) is 5.91 Å². The first-order chi connectivity index (χ1) is 12.0. The predicted octanol–water partition coefficient (Wildman–Crippen LogP) is 3.85. The van der Waals surface area contributed by atoms with E-state index in [-0.39, 0.29) is 5.57 Å². The summed E-state index contributed by atoms with van der Waals surface area (Å²) in [6, 6.07) is 16.2. The molecule has 25 heavy (non-hydrogen) atoms. The SMILES string of the molecule is Cc1ccc(NC(=O)COC(=O)C(C#N)=Cc2ccccc2)c(Br)c1. The summed E-state index contributed by atoms with van der Waals surface area (Å²) in [5.74, 6) is -1.33. The fourth-order valence-electron chi connectivity index (χ4n) is 1.97. The van der Waals surface area contributed by atoms with E-state index in [1.807, 2.05) is 25.1 Å². The number of nitriles is 1. The smallest absolute Gasteiger partial charge is 0.349 e. The second-order valence-corrected chi connectivity index (χ2v) is 6.04. The first-order valence-electron chi connectivity index (χ1n) is 7.39. The molecule has 126 valence electrons. The van der Waals surface area contributed by atoms with Gasteiger partial charge in [-0.2, -0.15) is 5.26 Å². The second kappa shape index (κ2) is 8.81. The summed E-state index contributed by atoms with van der Waals surface area (Å²) in [4.78, 5) is 23.9. The number of hydrogen-bond acceptors (Lipinski definition) is 4. The molecule has 1 amide bonds. The van der Waals surface area contributed by atoms with Crippen LogP contribution in [0.5, 0.6) is 0 Å². The van der Waals surface area contributed by atoms with Crippen molar-refractivity contribution in [3.05, 3.63) is 69.7 Å². The lowest BCUT2D eigenvalue weighted by atomic mass is 10.1. The number of carbonyl (C=O) groups is 2. The Bertz CT molecular complexity index is 855. The van der Waals surface area contributed by atoms with E-state index < -0.39 is 18.5 Å². The molecule has 1 N–H and O–H groups in total. The van der Waals surface area contributed by atoms with Gasteiger partial charge in [-0.15, -0.1) is 0 Å². The molecule has 2 rings (SSSR count). The number of ether oxygens (including phenoxy) is 1. The summed E-state index contributed by atoms with van der Waals surface area (Å²) >= 11 is 3.35. The summed E-state index contributed by atoms with van der Waals surface area (Å²) in [7, 11) is 0. The zero-order valence-electron chi connectivity index (χ0n) is 13.5. The fraction of sp³-hybridized carbons (Fsp3) is 0.105. The average Bonchev–Trinajstić information content (AvgIpc) is 2.61. The number of nitrogens with one attached hydrogen (secondary N) is 1. The van der Waals surface area contributed by atoms with E-state index >= 15 is 0 Å². The van der Waals surface area contributed by atoms with Crippen molar-refractivity contribution in [1.82, 2.24) is 0 Å². The van der Waals surface area contributed by atoms with Gasteiger partial charge in [0.1, 0.15) is 11.6 Å². The van der Waals surface area contributed by atoms with Crippen molar-refractivity contribution in [1.29, 1.82) is 5.26 Å². The Balaban J connectivity index is 1.95. The van der Waals surface area contributed by atoms with Crippen molar-refractivity contribution in [2.45, 2.75) is 6.92 Å². The highest BCUT2D eigenvalue weighted by Gasteiger charge is 2.14. The van der Waals surface area contributed by atoms with Crippen LogP contribution in [0.4, 0.5) is 5.69 Å². The second-order valence-electron chi connectivity index (χ2n) is 5.19. The summed E-state index contributed by atoms with van der Waals surface area (Å²) in [5.41, 5.74) is 2.15. The minimum atomic E-state index is -0.843. The molecule has 0 aliphatic carbocycles. The van der Waals surface area contributed by atoms with Crippen LogP contribution in [0.25, 0.3) is 6.08 Å². The van der Waals surface area contributed by atoms with Crippen LogP contribution in [0.1, 0.15) is 11.1 Å². The molecular formula is C19H15BrN2O3. The molecule has 2 aromatic rings. The van der Waals surface area contributed by atoms with E-state index in [0.29, 0.717) is 11.3 Å². The number of hydrogen-bond donors (Lipinski definition) is 1. The molecule has 5 nitrogen and oxygen atoms in total. The zero-order valence-corrected chi connectivity index (χ0v) is 15.0. The molecule has 0 heterocycles. The topological polar surface area (TPSA) is 79.2 Å². The molecule has 0 aromatic heterocycles. The van der Waals surface area contributed by atoms with E-state index in [2.05, 4.69) is 21.2 Å². The molecule has 0 unspecified atom stereocenters. The van der Waals surface area contributed by atoms with Gasteiger partial charge in [0, 0.05) is 4.47 Å². The maximum atomic E-state index is 11.9. The van der Waals surface area contributed by atoms with Gasteiger partial charge in [0.15, 0.2) is 6.61 Å². The molecule has 0 aliphatic rings. The average molecular weight is 399 g/mol. The lowest BCUT2D eigenvalue weighted by molar-refractivity contribution is -0.142. The normalized spacial score (nSPS) is 10.7. The number of anilines is 1. The number of benzene rings is 2. The van der Waals surface area contributed by atoms with Crippen molar-refractivity contribution in [3.8, 4) is 6.07 Å². The van der Waals surface area contributed by atoms with Crippen LogP contribution in [0.15, 0.2) is 58.6 Å². The minimum Gasteiger partial charge on any atom is -0.451 e. The Labute approximate surface area is 154 Å². The third kappa shape index (κ3) is 5.59. The van der Waals surface area contributed by atoms with Gasteiger partial charge in [-0.1, -0.05) is 36.4 Å². The quantitative estimate of drug-likeness (QED) is 0.471. The number of aryl methyl sites for hydroxylation is 1. The molecule has 0 fully saturated rings. The van der Waals surface area contributed by atoms with Crippen molar-refractivity contribution < 1.29 is 14.3 Å². The Morgan fingerprint density at radius 2 is 1.96 bits per heavy atom. The molecular weight excluding hydrogens is 384 g/mol. The number of halogens is 1. The molecule has 0 bridgehead atoms. The lowest BCUT2D eigenvalue weighted by Crippen LogP contribution is -2.21. The van der Waals surface area contributed by atoms with Crippen molar-refractivity contribution in [2.75, 3.05) is 11.9 Å². The first kappa shape index (κ1) is 18.4. The van der Waals surface area contributed by atoms with Crippen molar-refractivity contribution >= 4 is 39.6 Å². The number of amides is 1. The molecule has 6 heteroatoms. The lowest BCUT2D eigenvalue weighted by Gasteiger charge is -2.08. The molecule has 0 saturated heterocycles. The Kier molecular flexibility index (Phi) is 6.49.